The second-order valence-corrected chi connectivity index (χ2v) is 10.4. The van der Waals surface area contributed by atoms with Crippen LogP contribution < -0.4 is 0 Å². The second kappa shape index (κ2) is 10.5. The van der Waals surface area contributed by atoms with Gasteiger partial charge >= 0.3 is 41.5 Å². The average Bonchev–Trinajstić information content (AvgIpc) is 2.17. The van der Waals surface area contributed by atoms with Crippen molar-refractivity contribution in [3.63, 3.8) is 0 Å². The van der Waals surface area contributed by atoms with E-state index in [1.807, 2.05) is 0 Å². The van der Waals surface area contributed by atoms with Crippen LogP contribution in [0.2, 0.25) is 0 Å². The molecular formula is C12H19Cl3CrN-2. The van der Waals surface area contributed by atoms with E-state index in [-0.39, 0.29) is 6.15 Å². The maximum absolute atomic E-state index is 4.93. The van der Waals surface area contributed by atoms with Gasteiger partial charge in [-0.2, -0.15) is 35.4 Å². The molecule has 0 spiro atoms. The van der Waals surface area contributed by atoms with Crippen LogP contribution in [-0.4, -0.2) is 0 Å². The number of rotatable bonds is 2. The van der Waals surface area contributed by atoms with Crippen LogP contribution in [0.4, 0.5) is 0 Å². The van der Waals surface area contributed by atoms with Crippen LogP contribution in [0.1, 0.15) is 50.7 Å². The Kier molecular flexibility index (Phi) is 12.3. The van der Waals surface area contributed by atoms with Crippen LogP contribution in [0.3, 0.4) is 0 Å². The summed E-state index contributed by atoms with van der Waals surface area (Å²) < 4.78 is 0. The maximum atomic E-state index is 4.93. The zero-order valence-corrected chi connectivity index (χ0v) is 14.0. The molecule has 5 heteroatoms. The van der Waals surface area contributed by atoms with E-state index in [2.05, 4.69) is 52.0 Å². The molecule has 0 saturated carbocycles. The fourth-order valence-electron chi connectivity index (χ4n) is 1.18. The summed E-state index contributed by atoms with van der Waals surface area (Å²) in [5.41, 5.74) is 2.64. The van der Waals surface area contributed by atoms with Gasteiger partial charge in [0.2, 0.25) is 0 Å². The SMILES string of the molecule is CC(C)c1[c-]c(C(C)C)ccc1.[Cl][Cr]([Cl])[Cl].[NH2-]. The predicted octanol–water partition coefficient (Wildman–Crippen LogP) is 6.52. The van der Waals surface area contributed by atoms with Gasteiger partial charge in [-0.15, -0.1) is 0 Å². The summed E-state index contributed by atoms with van der Waals surface area (Å²) in [7, 11) is 14.8. The first kappa shape index (κ1) is 19.9. The normalized spacial score (nSPS) is 10.0. The first-order valence-electron chi connectivity index (χ1n) is 5.09. The summed E-state index contributed by atoms with van der Waals surface area (Å²) in [4.78, 5) is 0. The Bertz CT molecular complexity index is 278. The Morgan fingerprint density at radius 3 is 1.47 bits per heavy atom. The molecule has 2 N–H and O–H groups in total. The van der Waals surface area contributed by atoms with Crippen molar-refractivity contribution in [2.24, 2.45) is 0 Å². The van der Waals surface area contributed by atoms with Crippen molar-refractivity contribution in [2.45, 2.75) is 39.5 Å². The minimum atomic E-state index is -1.62. The van der Waals surface area contributed by atoms with Gasteiger partial charge in [0.15, 0.2) is 0 Å². The number of halogens is 3. The number of benzene rings is 1. The van der Waals surface area contributed by atoms with Gasteiger partial charge in [-0.25, -0.2) is 0 Å². The molecule has 0 atom stereocenters. The van der Waals surface area contributed by atoms with E-state index in [4.69, 9.17) is 30.1 Å². The molecule has 1 rings (SSSR count). The monoisotopic (exact) mass is 334 g/mol. The zero-order chi connectivity index (χ0) is 12.7. The first-order valence-corrected chi connectivity index (χ1v) is 10.4. The van der Waals surface area contributed by atoms with E-state index in [0.29, 0.717) is 11.8 Å². The molecule has 0 radical (unpaired) electrons. The van der Waals surface area contributed by atoms with Crippen molar-refractivity contribution in [2.75, 3.05) is 0 Å². The molecule has 17 heavy (non-hydrogen) atoms. The van der Waals surface area contributed by atoms with Gasteiger partial charge in [0.25, 0.3) is 0 Å². The Morgan fingerprint density at radius 1 is 0.941 bits per heavy atom. The standard InChI is InChI=1S/C12H17.3ClH.Cr.H2N/c1-9(2)11-6-5-7-12(8-11)10(3)4;;;;;/h5-7,9-10H,1-4H3;3*1H;;1H2/q-1;;;;+3;-1/p-3. The number of nitrogens with two attached hydrogens (primary N) is 1. The number of hydrogen-bond acceptors (Lipinski definition) is 0. The topological polar surface area (TPSA) is 33.5 Å². The van der Waals surface area contributed by atoms with Gasteiger partial charge in [-0.3, -0.25) is 0 Å². The molecule has 0 aliphatic carbocycles. The molecule has 1 nitrogen and oxygen atoms in total. The van der Waals surface area contributed by atoms with Gasteiger partial charge in [-0.05, 0) is 11.8 Å². The van der Waals surface area contributed by atoms with Crippen LogP contribution in [0, 0.1) is 6.07 Å². The molecular weight excluding hydrogens is 316 g/mol. The minimum Gasteiger partial charge on any atom is -0.693 e. The summed E-state index contributed by atoms with van der Waals surface area (Å²) in [6.07, 6.45) is 0. The Morgan fingerprint density at radius 2 is 1.24 bits per heavy atom. The van der Waals surface area contributed by atoms with Crippen molar-refractivity contribution in [3.05, 3.63) is 41.5 Å². The van der Waals surface area contributed by atoms with Crippen LogP contribution in [0.25, 0.3) is 6.15 Å². The van der Waals surface area contributed by atoms with E-state index in [0.717, 1.165) is 0 Å². The van der Waals surface area contributed by atoms with E-state index >= 15 is 0 Å². The Labute approximate surface area is 122 Å². The fourth-order valence-corrected chi connectivity index (χ4v) is 1.18. The van der Waals surface area contributed by atoms with E-state index in [1.54, 1.807) is 0 Å². The van der Waals surface area contributed by atoms with Crippen LogP contribution in [0.15, 0.2) is 18.2 Å². The van der Waals surface area contributed by atoms with Gasteiger partial charge in [0, 0.05) is 0 Å². The quantitative estimate of drug-likeness (QED) is 0.551. The van der Waals surface area contributed by atoms with Gasteiger partial charge in [0.05, 0.1) is 0 Å². The summed E-state index contributed by atoms with van der Waals surface area (Å²) in [6, 6.07) is 9.87. The third kappa shape index (κ3) is 10.2. The smallest absolute Gasteiger partial charge is 0.693 e. The second-order valence-electron chi connectivity index (χ2n) is 4.05. The molecule has 0 aliphatic rings. The maximum Gasteiger partial charge on any atom is -0.693 e. The van der Waals surface area contributed by atoms with E-state index in [1.165, 1.54) is 11.1 Å². The molecule has 1 aromatic rings. The molecule has 0 amide bonds. The summed E-state index contributed by atoms with van der Waals surface area (Å²) in [5.74, 6) is 1.17. The Balaban J connectivity index is 0. The predicted molar refractivity (Wildman–Crippen MR) is 76.3 cm³/mol. The van der Waals surface area contributed by atoms with Crippen LogP contribution in [0.5, 0.6) is 0 Å². The molecule has 1 aromatic carbocycles. The van der Waals surface area contributed by atoms with Crippen molar-refractivity contribution in [3.8, 4) is 0 Å². The Hall–Kier alpha value is 0.582. The van der Waals surface area contributed by atoms with Gasteiger partial charge in [0.1, 0.15) is 0 Å². The molecule has 0 unspecified atom stereocenters. The summed E-state index contributed by atoms with van der Waals surface area (Å²) in [5, 5.41) is 0. The molecule has 0 saturated heterocycles. The zero-order valence-electron chi connectivity index (χ0n) is 10.5. The molecule has 0 aliphatic heterocycles. The van der Waals surface area contributed by atoms with Crippen LogP contribution >= 0.6 is 30.1 Å². The van der Waals surface area contributed by atoms with Gasteiger partial charge in [-0.1, -0.05) is 27.7 Å². The molecule has 101 valence electrons. The fraction of sp³-hybridized carbons (Fsp3) is 0.500. The average molecular weight is 336 g/mol. The van der Waals surface area contributed by atoms with Crippen LogP contribution in [-0.2, 0) is 11.4 Å². The van der Waals surface area contributed by atoms with E-state index in [9.17, 15) is 0 Å². The third-order valence-corrected chi connectivity index (χ3v) is 2.08. The first-order chi connectivity index (χ1) is 7.34. The van der Waals surface area contributed by atoms with Crippen molar-refractivity contribution in [1.82, 2.24) is 0 Å². The van der Waals surface area contributed by atoms with Gasteiger partial charge < -0.3 is 6.15 Å². The summed E-state index contributed by atoms with van der Waals surface area (Å²) >= 11 is -1.62. The minimum absolute atomic E-state index is 0. The largest absolute Gasteiger partial charge is 0.693 e. The molecule has 0 heterocycles. The molecule has 0 aromatic heterocycles. The number of hydrogen-bond donors (Lipinski definition) is 0. The van der Waals surface area contributed by atoms with E-state index < -0.39 is 11.4 Å². The van der Waals surface area contributed by atoms with Crippen molar-refractivity contribution in [1.29, 1.82) is 0 Å². The summed E-state index contributed by atoms with van der Waals surface area (Å²) in [6.45, 7) is 8.82. The third-order valence-electron chi connectivity index (χ3n) is 2.08. The van der Waals surface area contributed by atoms with Crippen molar-refractivity contribution >= 4 is 30.1 Å². The molecule has 0 bridgehead atoms. The molecule has 0 fully saturated rings. The van der Waals surface area contributed by atoms with Crippen molar-refractivity contribution < 1.29 is 11.4 Å².